The maximum atomic E-state index is 14.3. The zero-order chi connectivity index (χ0) is 37.5. The van der Waals surface area contributed by atoms with Crippen LogP contribution in [0.25, 0.3) is 0 Å². The van der Waals surface area contributed by atoms with Crippen LogP contribution in [0.3, 0.4) is 0 Å². The number of likely N-dealkylation sites (tertiary alicyclic amines) is 1. The van der Waals surface area contributed by atoms with E-state index < -0.39 is 58.8 Å². The van der Waals surface area contributed by atoms with Crippen LogP contribution in [0, 0.1) is 5.82 Å². The lowest BCUT2D eigenvalue weighted by molar-refractivity contribution is -0.148. The highest BCUT2D eigenvalue weighted by molar-refractivity contribution is 6.16. The first-order chi connectivity index (χ1) is 24.0. The summed E-state index contributed by atoms with van der Waals surface area (Å²) >= 11 is 0. The van der Waals surface area contributed by atoms with Crippen molar-refractivity contribution in [2.75, 3.05) is 13.1 Å². The zero-order valence-corrected chi connectivity index (χ0v) is 28.3. The van der Waals surface area contributed by atoms with E-state index in [1.54, 1.807) is 58.0 Å². The molecule has 2 unspecified atom stereocenters. The largest absolute Gasteiger partial charge is 0.457 e. The maximum Gasteiger partial charge on any atom is 0.416 e. The molecule has 1 fully saturated rings. The number of rotatable bonds is 9. The molecule has 51 heavy (non-hydrogen) atoms. The second-order valence-electron chi connectivity index (χ2n) is 12.4. The van der Waals surface area contributed by atoms with Gasteiger partial charge in [0.2, 0.25) is 5.91 Å². The number of nitrogens with zero attached hydrogens (tertiary/aromatic N) is 2. The molecule has 0 bridgehead atoms. The number of piperidine rings is 1. The van der Waals surface area contributed by atoms with E-state index in [1.165, 1.54) is 23.1 Å². The fourth-order valence-corrected chi connectivity index (χ4v) is 5.31. The van der Waals surface area contributed by atoms with Crippen LogP contribution in [0.1, 0.15) is 55.1 Å². The number of para-hydroxylation sites is 1. The number of ether oxygens (including phenoxy) is 1. The van der Waals surface area contributed by atoms with Crippen LogP contribution in [0.2, 0.25) is 0 Å². The third kappa shape index (κ3) is 9.90. The fourth-order valence-electron chi connectivity index (χ4n) is 5.31. The van der Waals surface area contributed by atoms with Crippen LogP contribution in [0.5, 0.6) is 0 Å². The molecule has 1 heterocycles. The van der Waals surface area contributed by atoms with Gasteiger partial charge in [-0.2, -0.15) is 13.2 Å². The Hall–Kier alpha value is -5.79. The molecule has 268 valence electrons. The van der Waals surface area contributed by atoms with Gasteiger partial charge >= 0.3 is 12.1 Å². The smallest absolute Gasteiger partial charge is 0.416 e. The van der Waals surface area contributed by atoms with Crippen LogP contribution in [-0.4, -0.2) is 59.2 Å². The molecule has 14 heteroatoms. The molecule has 0 aromatic heterocycles. The predicted octanol–water partition coefficient (Wildman–Crippen LogP) is 5.55. The van der Waals surface area contributed by atoms with Crippen molar-refractivity contribution in [3.8, 4) is 0 Å². The van der Waals surface area contributed by atoms with E-state index in [-0.39, 0.29) is 35.8 Å². The van der Waals surface area contributed by atoms with Crippen molar-refractivity contribution in [1.29, 1.82) is 0 Å². The van der Waals surface area contributed by atoms with Gasteiger partial charge in [0.1, 0.15) is 23.3 Å². The van der Waals surface area contributed by atoms with Gasteiger partial charge < -0.3 is 21.1 Å². The zero-order valence-electron chi connectivity index (χ0n) is 28.3. The molecule has 0 aliphatic carbocycles. The molecule has 3 aromatic carbocycles. The summed E-state index contributed by atoms with van der Waals surface area (Å²) in [5, 5.41) is 5.17. The van der Waals surface area contributed by atoms with Crippen LogP contribution >= 0.6 is 0 Å². The summed E-state index contributed by atoms with van der Waals surface area (Å²) in [6.07, 6.45) is -2.82. The number of hydrogen-bond acceptors (Lipinski definition) is 7. The number of amidine groups is 1. The molecule has 1 aliphatic rings. The Balaban J connectivity index is 1.84. The maximum absolute atomic E-state index is 14.3. The van der Waals surface area contributed by atoms with E-state index in [0.717, 1.165) is 36.4 Å². The molecule has 0 radical (unpaired) electrons. The van der Waals surface area contributed by atoms with Gasteiger partial charge in [-0.15, -0.1) is 0 Å². The van der Waals surface area contributed by atoms with Gasteiger partial charge in [-0.05, 0) is 75.7 Å². The molecule has 3 amide bonds. The molecular formula is C37H37F4N5O5. The lowest BCUT2D eigenvalue weighted by Crippen LogP contribution is -2.59. The second-order valence-corrected chi connectivity index (χ2v) is 12.4. The van der Waals surface area contributed by atoms with Crippen LogP contribution < -0.4 is 16.4 Å². The van der Waals surface area contributed by atoms with Crippen molar-refractivity contribution in [2.45, 2.75) is 51.4 Å². The molecule has 1 aliphatic heterocycles. The summed E-state index contributed by atoms with van der Waals surface area (Å²) in [7, 11) is 0. The number of aliphatic imine (C=N–C) groups is 1. The molecule has 0 spiro atoms. The Bertz CT molecular complexity index is 1870. The highest BCUT2D eigenvalue weighted by Gasteiger charge is 2.46. The predicted molar refractivity (Wildman–Crippen MR) is 182 cm³/mol. The van der Waals surface area contributed by atoms with Crippen molar-refractivity contribution in [3.63, 3.8) is 0 Å². The molecule has 10 nitrogen and oxygen atoms in total. The third-order valence-electron chi connectivity index (χ3n) is 7.52. The number of carbonyl (C=O) groups is 4. The number of benzene rings is 3. The number of nitrogens with one attached hydrogen (secondary N) is 2. The summed E-state index contributed by atoms with van der Waals surface area (Å²) in [6, 6.07) is 15.9. The molecule has 2 atom stereocenters. The number of amides is 3. The van der Waals surface area contributed by atoms with Crippen molar-refractivity contribution in [1.82, 2.24) is 15.5 Å². The topological polar surface area (TPSA) is 143 Å². The molecule has 4 N–H and O–H groups in total. The van der Waals surface area contributed by atoms with Gasteiger partial charge in [-0.3, -0.25) is 19.3 Å². The number of halogens is 4. The summed E-state index contributed by atoms with van der Waals surface area (Å²) in [6.45, 7) is 6.35. The average Bonchev–Trinajstić information content (AvgIpc) is 3.07. The molecule has 3 aromatic rings. The second kappa shape index (κ2) is 15.8. The number of hydrogen-bond donors (Lipinski definition) is 3. The van der Waals surface area contributed by atoms with Crippen LogP contribution in [0.4, 0.5) is 23.2 Å². The van der Waals surface area contributed by atoms with Gasteiger partial charge in [-0.1, -0.05) is 36.4 Å². The third-order valence-corrected chi connectivity index (χ3v) is 7.52. The SMILES string of the molecule is CCN1C(=O)C(NC(=O)c2cccc(C(F)(F)F)c2)C(c2ccc(F)cc2)/C(=C(/N)CNC(=O)/C=C/C(=O)OC(C)(C)C)C1=Nc1ccccc1. The molecular weight excluding hydrogens is 670 g/mol. The lowest BCUT2D eigenvalue weighted by atomic mass is 9.78. The Morgan fingerprint density at radius 3 is 2.24 bits per heavy atom. The minimum Gasteiger partial charge on any atom is -0.457 e. The minimum absolute atomic E-state index is 0.0118. The first-order valence-electron chi connectivity index (χ1n) is 15.8. The Morgan fingerprint density at radius 2 is 1.63 bits per heavy atom. The summed E-state index contributed by atoms with van der Waals surface area (Å²) in [4.78, 5) is 58.6. The van der Waals surface area contributed by atoms with E-state index in [0.29, 0.717) is 17.3 Å². The summed E-state index contributed by atoms with van der Waals surface area (Å²) < 4.78 is 59.8. The Kier molecular flexibility index (Phi) is 11.8. The fraction of sp³-hybridized carbons (Fsp3) is 0.270. The monoisotopic (exact) mass is 707 g/mol. The average molecular weight is 708 g/mol. The van der Waals surface area contributed by atoms with E-state index in [1.807, 2.05) is 0 Å². The van der Waals surface area contributed by atoms with E-state index in [9.17, 15) is 36.7 Å². The number of carbonyl (C=O) groups excluding carboxylic acids is 4. The number of alkyl halides is 3. The van der Waals surface area contributed by atoms with E-state index in [2.05, 4.69) is 10.6 Å². The normalized spacial score (nSPS) is 18.5. The van der Waals surface area contributed by atoms with Crippen LogP contribution in [0.15, 0.2) is 107 Å². The van der Waals surface area contributed by atoms with Crippen molar-refractivity contribution >= 4 is 35.2 Å². The Morgan fingerprint density at radius 1 is 0.961 bits per heavy atom. The van der Waals surface area contributed by atoms with E-state index in [4.69, 9.17) is 15.5 Å². The summed E-state index contributed by atoms with van der Waals surface area (Å²) in [5.74, 6) is -4.79. The van der Waals surface area contributed by atoms with Gasteiger partial charge in [0.05, 0.1) is 17.8 Å². The van der Waals surface area contributed by atoms with Gasteiger partial charge in [0.25, 0.3) is 11.8 Å². The molecule has 1 saturated heterocycles. The quantitative estimate of drug-likeness (QED) is 0.151. The first kappa shape index (κ1) is 38.0. The van der Waals surface area contributed by atoms with Crippen molar-refractivity contribution < 1.29 is 41.5 Å². The number of esters is 1. The van der Waals surface area contributed by atoms with Crippen molar-refractivity contribution in [3.05, 3.63) is 125 Å². The highest BCUT2D eigenvalue weighted by atomic mass is 19.4. The van der Waals surface area contributed by atoms with Gasteiger partial charge in [0.15, 0.2) is 0 Å². The van der Waals surface area contributed by atoms with Crippen molar-refractivity contribution in [2.24, 2.45) is 10.7 Å². The first-order valence-corrected chi connectivity index (χ1v) is 15.8. The summed E-state index contributed by atoms with van der Waals surface area (Å²) in [5.41, 5.74) is 5.39. The standard InChI is InChI=1S/C37H37F4N5O5/c1-5-46-33(44-26-12-7-6-8-13-26)31(27(42)21-43-28(47)18-19-29(48)51-36(2,3)4)30(22-14-16-25(38)17-15-22)32(35(46)50)45-34(49)23-10-9-11-24(20-23)37(39,40)41/h6-20,30,32H,5,21,42H2,1-4H3,(H,43,47)(H,45,49)/b19-18+,31-27-,44-33?. The molecule has 4 rings (SSSR count). The van der Waals surface area contributed by atoms with Gasteiger partial charge in [0, 0.05) is 41.4 Å². The number of likely N-dealkylation sites (N-methyl/N-ethyl adjacent to an activating group) is 1. The number of nitrogens with two attached hydrogens (primary N) is 1. The minimum atomic E-state index is -4.73. The highest BCUT2D eigenvalue weighted by Crippen LogP contribution is 2.38. The lowest BCUT2D eigenvalue weighted by Gasteiger charge is -2.41. The van der Waals surface area contributed by atoms with E-state index >= 15 is 0 Å². The Labute approximate surface area is 292 Å². The van der Waals surface area contributed by atoms with Crippen LogP contribution in [-0.2, 0) is 25.3 Å². The molecule has 0 saturated carbocycles. The van der Waals surface area contributed by atoms with Gasteiger partial charge in [-0.25, -0.2) is 14.2 Å².